The summed E-state index contributed by atoms with van der Waals surface area (Å²) in [6, 6.07) is 11.7. The third-order valence-electron chi connectivity index (χ3n) is 3.19. The molecule has 2 rings (SSSR count). The Morgan fingerprint density at radius 1 is 1.18 bits per heavy atom. The molecule has 0 bridgehead atoms. The standard InChI is InChI=1S/C16H16ClNO3S/c1-3-11-5-4-6-13(9-11)18-16(19)12-7-8-14(17)15(10-12)22(2,20)21/h4-10H,3H2,1-2H3,(H,18,19). The molecule has 0 aromatic heterocycles. The van der Waals surface area contributed by atoms with Gasteiger partial charge in [-0.2, -0.15) is 0 Å². The van der Waals surface area contributed by atoms with Gasteiger partial charge in [0.05, 0.1) is 9.92 Å². The molecule has 0 fully saturated rings. The molecule has 0 unspecified atom stereocenters. The normalized spacial score (nSPS) is 11.2. The number of carbonyl (C=O) groups excluding carboxylic acids is 1. The van der Waals surface area contributed by atoms with Crippen molar-refractivity contribution in [2.24, 2.45) is 0 Å². The van der Waals surface area contributed by atoms with Crippen LogP contribution in [-0.4, -0.2) is 20.6 Å². The molecule has 0 atom stereocenters. The summed E-state index contributed by atoms with van der Waals surface area (Å²) in [5.74, 6) is -0.380. The van der Waals surface area contributed by atoms with Gasteiger partial charge in [-0.05, 0) is 42.3 Å². The SMILES string of the molecule is CCc1cccc(NC(=O)c2ccc(Cl)c(S(C)(=O)=O)c2)c1. The topological polar surface area (TPSA) is 63.2 Å². The van der Waals surface area contributed by atoms with Gasteiger partial charge in [-0.15, -0.1) is 0 Å². The molecular formula is C16H16ClNO3S. The van der Waals surface area contributed by atoms with E-state index in [1.165, 1.54) is 18.2 Å². The maximum atomic E-state index is 12.3. The van der Waals surface area contributed by atoms with Crippen molar-refractivity contribution in [3.63, 3.8) is 0 Å². The van der Waals surface area contributed by atoms with Gasteiger partial charge in [0.1, 0.15) is 0 Å². The first-order valence-electron chi connectivity index (χ1n) is 6.71. The fourth-order valence-electron chi connectivity index (χ4n) is 2.00. The summed E-state index contributed by atoms with van der Waals surface area (Å²) in [6.45, 7) is 2.03. The van der Waals surface area contributed by atoms with Crippen LogP contribution in [0.1, 0.15) is 22.8 Å². The molecule has 4 nitrogen and oxygen atoms in total. The maximum Gasteiger partial charge on any atom is 0.255 e. The maximum absolute atomic E-state index is 12.3. The van der Waals surface area contributed by atoms with Crippen LogP contribution in [0.2, 0.25) is 5.02 Å². The summed E-state index contributed by atoms with van der Waals surface area (Å²) in [6.07, 6.45) is 1.92. The minimum absolute atomic E-state index is 0.0517. The van der Waals surface area contributed by atoms with Crippen LogP contribution >= 0.6 is 11.6 Å². The number of halogens is 1. The minimum Gasteiger partial charge on any atom is -0.322 e. The van der Waals surface area contributed by atoms with Gasteiger partial charge < -0.3 is 5.32 Å². The second-order valence-corrected chi connectivity index (χ2v) is 7.32. The second kappa shape index (κ2) is 6.50. The highest BCUT2D eigenvalue weighted by Crippen LogP contribution is 2.23. The van der Waals surface area contributed by atoms with Crippen LogP contribution in [0.4, 0.5) is 5.69 Å². The lowest BCUT2D eigenvalue weighted by atomic mass is 10.1. The van der Waals surface area contributed by atoms with E-state index in [1.54, 1.807) is 6.07 Å². The van der Waals surface area contributed by atoms with Crippen molar-refractivity contribution in [1.29, 1.82) is 0 Å². The van der Waals surface area contributed by atoms with Crippen molar-refractivity contribution < 1.29 is 13.2 Å². The highest BCUT2D eigenvalue weighted by Gasteiger charge is 2.16. The number of rotatable bonds is 4. The van der Waals surface area contributed by atoms with Gasteiger partial charge in [0, 0.05) is 17.5 Å². The van der Waals surface area contributed by atoms with E-state index in [0.717, 1.165) is 18.2 Å². The van der Waals surface area contributed by atoms with Gasteiger partial charge in [-0.3, -0.25) is 4.79 Å². The lowest BCUT2D eigenvalue weighted by Crippen LogP contribution is -2.13. The van der Waals surface area contributed by atoms with E-state index in [2.05, 4.69) is 5.32 Å². The first-order valence-corrected chi connectivity index (χ1v) is 8.98. The Labute approximate surface area is 135 Å². The molecule has 0 heterocycles. The molecule has 116 valence electrons. The van der Waals surface area contributed by atoms with Crippen LogP contribution in [0.5, 0.6) is 0 Å². The van der Waals surface area contributed by atoms with E-state index < -0.39 is 9.84 Å². The molecule has 2 aromatic rings. The Hall–Kier alpha value is -1.85. The average Bonchev–Trinajstić information content (AvgIpc) is 2.46. The zero-order chi connectivity index (χ0) is 16.3. The Kier molecular flexibility index (Phi) is 4.88. The monoisotopic (exact) mass is 337 g/mol. The van der Waals surface area contributed by atoms with Crippen LogP contribution < -0.4 is 5.32 Å². The van der Waals surface area contributed by atoms with E-state index in [4.69, 9.17) is 11.6 Å². The van der Waals surface area contributed by atoms with Crippen molar-refractivity contribution >= 4 is 33.0 Å². The van der Waals surface area contributed by atoms with Crippen LogP contribution in [0, 0.1) is 0 Å². The smallest absolute Gasteiger partial charge is 0.255 e. The number of anilines is 1. The molecule has 0 radical (unpaired) electrons. The molecule has 0 saturated heterocycles. The number of hydrogen-bond acceptors (Lipinski definition) is 3. The number of benzene rings is 2. The number of amides is 1. The summed E-state index contributed by atoms with van der Waals surface area (Å²) >= 11 is 5.87. The summed E-state index contributed by atoms with van der Waals surface area (Å²) < 4.78 is 23.3. The van der Waals surface area contributed by atoms with Gasteiger partial charge >= 0.3 is 0 Å². The first kappa shape index (κ1) is 16.5. The molecule has 2 aromatic carbocycles. The Morgan fingerprint density at radius 3 is 2.55 bits per heavy atom. The third-order valence-corrected chi connectivity index (χ3v) is 4.76. The quantitative estimate of drug-likeness (QED) is 0.927. The highest BCUT2D eigenvalue weighted by atomic mass is 35.5. The number of nitrogens with one attached hydrogen (secondary N) is 1. The number of aryl methyl sites for hydroxylation is 1. The first-order chi connectivity index (χ1) is 10.3. The zero-order valence-electron chi connectivity index (χ0n) is 12.3. The summed E-state index contributed by atoms with van der Waals surface area (Å²) in [7, 11) is -3.48. The van der Waals surface area contributed by atoms with E-state index in [-0.39, 0.29) is 21.4 Å². The van der Waals surface area contributed by atoms with Crippen molar-refractivity contribution in [1.82, 2.24) is 0 Å². The van der Waals surface area contributed by atoms with E-state index in [9.17, 15) is 13.2 Å². The largest absolute Gasteiger partial charge is 0.322 e. The van der Waals surface area contributed by atoms with Gasteiger partial charge in [0.25, 0.3) is 5.91 Å². The Balaban J connectivity index is 2.30. The lowest BCUT2D eigenvalue weighted by Gasteiger charge is -2.08. The molecule has 22 heavy (non-hydrogen) atoms. The molecule has 0 spiro atoms. The molecule has 6 heteroatoms. The molecule has 0 aliphatic rings. The molecule has 0 saturated carbocycles. The van der Waals surface area contributed by atoms with Crippen molar-refractivity contribution in [3.8, 4) is 0 Å². The van der Waals surface area contributed by atoms with E-state index >= 15 is 0 Å². The van der Waals surface area contributed by atoms with Gasteiger partial charge in [-0.1, -0.05) is 30.7 Å². The molecular weight excluding hydrogens is 322 g/mol. The molecule has 0 aliphatic heterocycles. The number of carbonyl (C=O) groups is 1. The predicted octanol–water partition coefficient (Wildman–Crippen LogP) is 3.56. The van der Waals surface area contributed by atoms with Crippen LogP contribution in [0.15, 0.2) is 47.4 Å². The Morgan fingerprint density at radius 2 is 1.91 bits per heavy atom. The summed E-state index contributed by atoms with van der Waals surface area (Å²) in [4.78, 5) is 12.2. The number of sulfone groups is 1. The van der Waals surface area contributed by atoms with E-state index in [0.29, 0.717) is 5.69 Å². The van der Waals surface area contributed by atoms with Crippen molar-refractivity contribution in [2.45, 2.75) is 18.2 Å². The lowest BCUT2D eigenvalue weighted by molar-refractivity contribution is 0.102. The molecule has 1 amide bonds. The van der Waals surface area contributed by atoms with Crippen molar-refractivity contribution in [2.75, 3.05) is 11.6 Å². The van der Waals surface area contributed by atoms with Crippen LogP contribution in [0.25, 0.3) is 0 Å². The summed E-state index contributed by atoms with van der Waals surface area (Å²) in [5.41, 5.74) is 2.01. The fourth-order valence-corrected chi connectivity index (χ4v) is 3.30. The van der Waals surface area contributed by atoms with Gasteiger partial charge in [0.2, 0.25) is 0 Å². The molecule has 1 N–H and O–H groups in total. The minimum atomic E-state index is -3.48. The predicted molar refractivity (Wildman–Crippen MR) is 88.3 cm³/mol. The molecule has 0 aliphatic carbocycles. The fraction of sp³-hybridized carbons (Fsp3) is 0.188. The second-order valence-electron chi connectivity index (χ2n) is 4.93. The Bertz CT molecular complexity index is 816. The van der Waals surface area contributed by atoms with Gasteiger partial charge in [0.15, 0.2) is 9.84 Å². The average molecular weight is 338 g/mol. The van der Waals surface area contributed by atoms with Crippen molar-refractivity contribution in [3.05, 3.63) is 58.6 Å². The third kappa shape index (κ3) is 3.87. The summed E-state index contributed by atoms with van der Waals surface area (Å²) in [5, 5.41) is 2.86. The van der Waals surface area contributed by atoms with Gasteiger partial charge in [-0.25, -0.2) is 8.42 Å². The van der Waals surface area contributed by atoms with Crippen LogP contribution in [0.3, 0.4) is 0 Å². The van der Waals surface area contributed by atoms with E-state index in [1.807, 2.05) is 25.1 Å². The number of hydrogen-bond donors (Lipinski definition) is 1. The zero-order valence-corrected chi connectivity index (χ0v) is 13.8. The van der Waals surface area contributed by atoms with Crippen LogP contribution in [-0.2, 0) is 16.3 Å². The highest BCUT2D eigenvalue weighted by molar-refractivity contribution is 7.90.